The number of halogens is 1. The fourth-order valence-corrected chi connectivity index (χ4v) is 2.49. The first-order valence-electron chi connectivity index (χ1n) is 4.89. The number of aliphatic hydroxyl groups excluding tert-OH is 1. The maximum Gasteiger partial charge on any atom is 0.261 e. The highest BCUT2D eigenvalue weighted by Gasteiger charge is 2.14. The third-order valence-electron chi connectivity index (χ3n) is 2.20. The summed E-state index contributed by atoms with van der Waals surface area (Å²) in [5, 5.41) is 11.9. The minimum Gasteiger partial charge on any atom is -0.392 e. The van der Waals surface area contributed by atoms with E-state index < -0.39 is 12.1 Å². The molecule has 2 atom stereocenters. The summed E-state index contributed by atoms with van der Waals surface area (Å²) in [6.07, 6.45) is -0.628. The van der Waals surface area contributed by atoms with Gasteiger partial charge in [0, 0.05) is 12.6 Å². The van der Waals surface area contributed by atoms with Crippen molar-refractivity contribution in [2.45, 2.75) is 26.0 Å². The number of thiophene rings is 1. The Morgan fingerprint density at radius 2 is 2.38 bits per heavy atom. The molecule has 0 aliphatic heterocycles. The second kappa shape index (κ2) is 5.77. The molecule has 1 heterocycles. The van der Waals surface area contributed by atoms with Gasteiger partial charge in [0.15, 0.2) is 0 Å². The Hall–Kier alpha value is -0.430. The van der Waals surface area contributed by atoms with Crippen molar-refractivity contribution in [1.82, 2.24) is 5.32 Å². The van der Waals surface area contributed by atoms with E-state index in [1.54, 1.807) is 6.92 Å². The van der Waals surface area contributed by atoms with E-state index in [2.05, 4.69) is 21.2 Å². The lowest BCUT2D eigenvalue weighted by molar-refractivity contribution is 0.0941. The summed E-state index contributed by atoms with van der Waals surface area (Å²) >= 11 is 4.75. The minimum absolute atomic E-state index is 0.157. The first-order chi connectivity index (χ1) is 7.41. The third kappa shape index (κ3) is 3.55. The molecule has 1 aromatic heterocycles. The van der Waals surface area contributed by atoms with Crippen molar-refractivity contribution < 1.29 is 9.90 Å². The van der Waals surface area contributed by atoms with Gasteiger partial charge >= 0.3 is 0 Å². The molecule has 0 radical (unpaired) electrons. The van der Waals surface area contributed by atoms with Gasteiger partial charge in [0.25, 0.3) is 5.91 Å². The maximum absolute atomic E-state index is 11.7. The van der Waals surface area contributed by atoms with E-state index in [1.807, 2.05) is 13.0 Å². The zero-order valence-electron chi connectivity index (χ0n) is 9.16. The Labute approximate surface area is 107 Å². The van der Waals surface area contributed by atoms with Crippen LogP contribution in [0, 0.1) is 6.92 Å². The van der Waals surface area contributed by atoms with E-state index in [0.717, 1.165) is 9.35 Å². The summed E-state index contributed by atoms with van der Waals surface area (Å²) < 4.78 is 0.956. The van der Waals surface area contributed by atoms with Crippen molar-refractivity contribution in [3.8, 4) is 0 Å². The fourth-order valence-electron chi connectivity index (χ4n) is 1.04. The average molecular weight is 307 g/mol. The van der Waals surface area contributed by atoms with Crippen molar-refractivity contribution in [2.24, 2.45) is 5.73 Å². The van der Waals surface area contributed by atoms with Gasteiger partial charge in [0.2, 0.25) is 0 Å². The van der Waals surface area contributed by atoms with E-state index in [9.17, 15) is 9.90 Å². The van der Waals surface area contributed by atoms with Gasteiger partial charge in [0.1, 0.15) is 0 Å². The van der Waals surface area contributed by atoms with Crippen LogP contribution in [0.3, 0.4) is 0 Å². The number of hydrogen-bond donors (Lipinski definition) is 3. The number of carbonyl (C=O) groups excluding carboxylic acids is 1. The molecule has 0 aliphatic rings. The van der Waals surface area contributed by atoms with Crippen molar-refractivity contribution in [1.29, 1.82) is 0 Å². The molecule has 0 fully saturated rings. The summed E-state index contributed by atoms with van der Waals surface area (Å²) in [7, 11) is 0. The largest absolute Gasteiger partial charge is 0.392 e. The van der Waals surface area contributed by atoms with Crippen LogP contribution in [0.5, 0.6) is 0 Å². The highest BCUT2D eigenvalue weighted by molar-refractivity contribution is 9.11. The van der Waals surface area contributed by atoms with E-state index in [-0.39, 0.29) is 12.5 Å². The van der Waals surface area contributed by atoms with E-state index in [4.69, 9.17) is 5.73 Å². The van der Waals surface area contributed by atoms with Crippen LogP contribution in [-0.2, 0) is 0 Å². The first kappa shape index (κ1) is 13.6. The van der Waals surface area contributed by atoms with Gasteiger partial charge < -0.3 is 16.2 Å². The molecule has 0 saturated heterocycles. The van der Waals surface area contributed by atoms with Crippen LogP contribution >= 0.6 is 27.3 Å². The smallest absolute Gasteiger partial charge is 0.261 e. The number of carbonyl (C=O) groups is 1. The van der Waals surface area contributed by atoms with E-state index >= 15 is 0 Å². The summed E-state index contributed by atoms with van der Waals surface area (Å²) in [5.41, 5.74) is 6.64. The number of nitrogens with one attached hydrogen (secondary N) is 1. The Bertz CT molecular complexity index is 359. The molecular weight excluding hydrogens is 292 g/mol. The SMILES string of the molecule is Cc1cc(C(=O)NCC(N)C(C)O)sc1Br. The third-order valence-corrected chi connectivity index (χ3v) is 4.33. The van der Waals surface area contributed by atoms with Crippen molar-refractivity contribution in [2.75, 3.05) is 6.54 Å². The molecular formula is C10H15BrN2O2S. The maximum atomic E-state index is 11.7. The number of hydrogen-bond acceptors (Lipinski definition) is 4. The van der Waals surface area contributed by atoms with Crippen LogP contribution in [0.25, 0.3) is 0 Å². The Balaban J connectivity index is 2.53. The number of nitrogens with two attached hydrogens (primary N) is 1. The second-order valence-corrected chi connectivity index (χ2v) is 6.05. The lowest BCUT2D eigenvalue weighted by Gasteiger charge is -2.14. The molecule has 0 aromatic carbocycles. The van der Waals surface area contributed by atoms with Crippen LogP contribution in [0.4, 0.5) is 0 Å². The highest BCUT2D eigenvalue weighted by Crippen LogP contribution is 2.27. The number of aryl methyl sites for hydroxylation is 1. The van der Waals surface area contributed by atoms with Crippen LogP contribution in [0.2, 0.25) is 0 Å². The van der Waals surface area contributed by atoms with Gasteiger partial charge in [-0.2, -0.15) is 0 Å². The topological polar surface area (TPSA) is 75.4 Å². The lowest BCUT2D eigenvalue weighted by Crippen LogP contribution is -2.43. The fraction of sp³-hybridized carbons (Fsp3) is 0.500. The van der Waals surface area contributed by atoms with E-state index in [1.165, 1.54) is 11.3 Å². The predicted molar refractivity (Wildman–Crippen MR) is 68.7 cm³/mol. The average Bonchev–Trinajstić information content (AvgIpc) is 2.55. The first-order valence-corrected chi connectivity index (χ1v) is 6.50. The molecule has 6 heteroatoms. The standard InChI is InChI=1S/C10H15BrN2O2S/c1-5-3-8(16-9(5)11)10(15)13-4-7(12)6(2)14/h3,6-7,14H,4,12H2,1-2H3,(H,13,15). The van der Waals surface area contributed by atoms with Crippen molar-refractivity contribution in [3.63, 3.8) is 0 Å². The molecule has 1 aromatic rings. The number of rotatable bonds is 4. The Morgan fingerprint density at radius 1 is 1.75 bits per heavy atom. The van der Waals surface area contributed by atoms with Gasteiger partial charge in [-0.1, -0.05) is 0 Å². The quantitative estimate of drug-likeness (QED) is 0.784. The van der Waals surface area contributed by atoms with Crippen molar-refractivity contribution in [3.05, 3.63) is 20.3 Å². The molecule has 4 N–H and O–H groups in total. The molecule has 16 heavy (non-hydrogen) atoms. The normalized spacial score (nSPS) is 14.6. The Kier molecular flexibility index (Phi) is 4.91. The molecule has 0 spiro atoms. The van der Waals surface area contributed by atoms with E-state index in [0.29, 0.717) is 4.88 Å². The molecule has 4 nitrogen and oxygen atoms in total. The molecule has 1 amide bonds. The number of amides is 1. The van der Waals surface area contributed by atoms with Crippen LogP contribution in [-0.4, -0.2) is 29.7 Å². The molecule has 90 valence electrons. The highest BCUT2D eigenvalue weighted by atomic mass is 79.9. The molecule has 0 bridgehead atoms. The number of aliphatic hydroxyl groups is 1. The lowest BCUT2D eigenvalue weighted by atomic mass is 10.2. The van der Waals surface area contributed by atoms with Crippen LogP contribution in [0.1, 0.15) is 22.2 Å². The Morgan fingerprint density at radius 3 is 2.81 bits per heavy atom. The molecule has 2 unspecified atom stereocenters. The second-order valence-electron chi connectivity index (χ2n) is 3.68. The summed E-state index contributed by atoms with van der Waals surface area (Å²) in [5.74, 6) is -0.157. The predicted octanol–water partition coefficient (Wildman–Crippen LogP) is 1.26. The van der Waals surface area contributed by atoms with Crippen molar-refractivity contribution >= 4 is 33.2 Å². The summed E-state index contributed by atoms with van der Waals surface area (Å²) in [4.78, 5) is 12.3. The molecule has 0 aliphatic carbocycles. The molecule has 0 saturated carbocycles. The van der Waals surface area contributed by atoms with Gasteiger partial charge in [-0.05, 0) is 41.4 Å². The van der Waals surface area contributed by atoms with Crippen LogP contribution < -0.4 is 11.1 Å². The zero-order valence-corrected chi connectivity index (χ0v) is 11.6. The zero-order chi connectivity index (χ0) is 12.3. The molecule has 1 rings (SSSR count). The summed E-state index contributed by atoms with van der Waals surface area (Å²) in [6, 6.07) is 1.38. The van der Waals surface area contributed by atoms with Gasteiger partial charge in [0.05, 0.1) is 14.8 Å². The van der Waals surface area contributed by atoms with Crippen LogP contribution in [0.15, 0.2) is 9.85 Å². The minimum atomic E-state index is -0.628. The van der Waals surface area contributed by atoms with Gasteiger partial charge in [-0.3, -0.25) is 4.79 Å². The van der Waals surface area contributed by atoms with Gasteiger partial charge in [-0.25, -0.2) is 0 Å². The monoisotopic (exact) mass is 306 g/mol. The van der Waals surface area contributed by atoms with Gasteiger partial charge in [-0.15, -0.1) is 11.3 Å². The summed E-state index contributed by atoms with van der Waals surface area (Å²) in [6.45, 7) is 3.80.